The molecule has 1 aromatic heterocycles. The van der Waals surface area contributed by atoms with Crippen molar-refractivity contribution in [1.29, 1.82) is 0 Å². The number of nitrogens with zero attached hydrogens (tertiary/aromatic N) is 2. The molecule has 2 aromatic rings. The lowest BCUT2D eigenvalue weighted by Crippen LogP contribution is -3.12. The van der Waals surface area contributed by atoms with Crippen LogP contribution in [-0.2, 0) is 16.1 Å². The molecule has 9 heteroatoms. The van der Waals surface area contributed by atoms with Crippen LogP contribution in [0.3, 0.4) is 0 Å². The van der Waals surface area contributed by atoms with Crippen LogP contribution in [0, 0.1) is 9.77 Å². The standard InChI is InChI=1S/C15H21FN4O2S2/c1-21-9-7-19(8-10-22-2)11-20-15(23)24-14(18-20)17-13-6-4-3-5-12(13)16/h3-6H,7-11H2,1-2H3,(H,17,18)/p+1. The molecule has 132 valence electrons. The van der Waals surface area contributed by atoms with Crippen molar-refractivity contribution >= 4 is 34.4 Å². The Balaban J connectivity index is 2.06. The molecule has 2 N–H and O–H groups in total. The van der Waals surface area contributed by atoms with Crippen molar-refractivity contribution in [1.82, 2.24) is 9.78 Å². The number of halogens is 1. The Kier molecular flexibility index (Phi) is 7.73. The third-order valence-corrected chi connectivity index (χ3v) is 4.64. The summed E-state index contributed by atoms with van der Waals surface area (Å²) in [5, 5.41) is 8.00. The van der Waals surface area contributed by atoms with Gasteiger partial charge in [0, 0.05) is 14.2 Å². The van der Waals surface area contributed by atoms with Gasteiger partial charge in [-0.05, 0) is 24.4 Å². The van der Waals surface area contributed by atoms with E-state index >= 15 is 0 Å². The van der Waals surface area contributed by atoms with Gasteiger partial charge in [0.1, 0.15) is 18.9 Å². The number of hydrogen-bond acceptors (Lipinski definition) is 6. The first-order valence-corrected chi connectivity index (χ1v) is 8.77. The van der Waals surface area contributed by atoms with Crippen LogP contribution < -0.4 is 10.2 Å². The summed E-state index contributed by atoms with van der Waals surface area (Å²) in [7, 11) is 3.36. The second-order valence-electron chi connectivity index (χ2n) is 5.17. The van der Waals surface area contributed by atoms with Gasteiger partial charge in [-0.3, -0.25) is 0 Å². The van der Waals surface area contributed by atoms with E-state index in [1.54, 1.807) is 37.1 Å². The quantitative estimate of drug-likeness (QED) is 0.621. The second-order valence-corrected chi connectivity index (χ2v) is 6.79. The van der Waals surface area contributed by atoms with Crippen LogP contribution in [-0.4, -0.2) is 50.3 Å². The molecule has 0 unspecified atom stereocenters. The van der Waals surface area contributed by atoms with Gasteiger partial charge in [0.15, 0.2) is 10.6 Å². The Morgan fingerprint density at radius 3 is 2.54 bits per heavy atom. The summed E-state index contributed by atoms with van der Waals surface area (Å²) < 4.78 is 26.4. The summed E-state index contributed by atoms with van der Waals surface area (Å²) in [6, 6.07) is 6.48. The molecule has 0 saturated heterocycles. The Labute approximate surface area is 149 Å². The van der Waals surface area contributed by atoms with Crippen molar-refractivity contribution in [3.63, 3.8) is 0 Å². The zero-order valence-corrected chi connectivity index (χ0v) is 15.4. The first-order valence-electron chi connectivity index (χ1n) is 7.55. The number of aromatic nitrogens is 2. The number of nitrogens with one attached hydrogen (secondary N) is 2. The maximum atomic E-state index is 13.7. The molecule has 0 saturated carbocycles. The van der Waals surface area contributed by atoms with Gasteiger partial charge in [0.05, 0.1) is 18.9 Å². The molecule has 1 heterocycles. The summed E-state index contributed by atoms with van der Waals surface area (Å²) in [4.78, 5) is 1.25. The van der Waals surface area contributed by atoms with E-state index in [2.05, 4.69) is 10.4 Å². The Hall–Kier alpha value is -1.39. The van der Waals surface area contributed by atoms with Crippen LogP contribution >= 0.6 is 23.6 Å². The molecule has 0 aliphatic carbocycles. The van der Waals surface area contributed by atoms with Gasteiger partial charge in [-0.2, -0.15) is 4.68 Å². The summed E-state index contributed by atoms with van der Waals surface area (Å²) in [5.74, 6) is -0.322. The fraction of sp³-hybridized carbons (Fsp3) is 0.467. The molecule has 0 aliphatic heterocycles. The molecular weight excluding hydrogens is 351 g/mol. The first-order chi connectivity index (χ1) is 11.6. The fourth-order valence-corrected chi connectivity index (χ4v) is 3.14. The van der Waals surface area contributed by atoms with E-state index in [0.717, 1.165) is 13.1 Å². The van der Waals surface area contributed by atoms with Gasteiger partial charge in [0.25, 0.3) is 0 Å². The van der Waals surface area contributed by atoms with E-state index in [1.165, 1.54) is 22.3 Å². The van der Waals surface area contributed by atoms with E-state index in [9.17, 15) is 4.39 Å². The lowest BCUT2D eigenvalue weighted by atomic mass is 10.3. The van der Waals surface area contributed by atoms with Gasteiger partial charge in [-0.25, -0.2) is 4.39 Å². The van der Waals surface area contributed by atoms with Gasteiger partial charge in [0.2, 0.25) is 5.13 Å². The SMILES string of the molecule is COCC[NH+](CCOC)Cn1nc(Nc2ccccc2F)sc1=S. The number of quaternary nitrogens is 1. The maximum Gasteiger partial charge on any atom is 0.209 e. The number of hydrogen-bond donors (Lipinski definition) is 2. The van der Waals surface area contributed by atoms with Gasteiger partial charge in [-0.1, -0.05) is 23.5 Å². The highest BCUT2D eigenvalue weighted by atomic mass is 32.1. The molecule has 0 aliphatic rings. The molecule has 0 spiro atoms. The zero-order chi connectivity index (χ0) is 17.4. The van der Waals surface area contributed by atoms with E-state index in [4.69, 9.17) is 21.7 Å². The molecule has 0 atom stereocenters. The van der Waals surface area contributed by atoms with E-state index < -0.39 is 0 Å². The van der Waals surface area contributed by atoms with Crippen molar-refractivity contribution < 1.29 is 18.8 Å². The highest BCUT2D eigenvalue weighted by molar-refractivity contribution is 7.73. The fourth-order valence-electron chi connectivity index (χ4n) is 2.12. The van der Waals surface area contributed by atoms with Crippen LogP contribution in [0.5, 0.6) is 0 Å². The van der Waals surface area contributed by atoms with Crippen LogP contribution in [0.1, 0.15) is 0 Å². The number of rotatable bonds is 10. The summed E-state index contributed by atoms with van der Waals surface area (Å²) >= 11 is 6.70. The first kappa shape index (κ1) is 18.9. The molecule has 6 nitrogen and oxygen atoms in total. The number of ether oxygens (including phenoxy) is 2. The van der Waals surface area contributed by atoms with E-state index in [1.807, 2.05) is 0 Å². The molecule has 1 aromatic carbocycles. The average molecular weight is 373 g/mol. The monoisotopic (exact) mass is 373 g/mol. The molecule has 0 radical (unpaired) electrons. The lowest BCUT2D eigenvalue weighted by molar-refractivity contribution is -0.924. The van der Waals surface area contributed by atoms with Crippen molar-refractivity contribution in [2.75, 3.05) is 45.8 Å². The van der Waals surface area contributed by atoms with Crippen LogP contribution in [0.25, 0.3) is 0 Å². The van der Waals surface area contributed by atoms with Crippen LogP contribution in [0.15, 0.2) is 24.3 Å². The van der Waals surface area contributed by atoms with Crippen molar-refractivity contribution in [2.24, 2.45) is 0 Å². The highest BCUT2D eigenvalue weighted by Gasteiger charge is 2.13. The minimum Gasteiger partial charge on any atom is -0.379 e. The number of para-hydroxylation sites is 1. The number of methoxy groups -OCH3 is 2. The minimum absolute atomic E-state index is 0.322. The van der Waals surface area contributed by atoms with Gasteiger partial charge in [-0.15, -0.1) is 5.10 Å². The average Bonchev–Trinajstić information content (AvgIpc) is 2.91. The predicted molar refractivity (Wildman–Crippen MR) is 95.1 cm³/mol. The van der Waals surface area contributed by atoms with Crippen LogP contribution in [0.2, 0.25) is 0 Å². The van der Waals surface area contributed by atoms with Crippen molar-refractivity contribution in [3.8, 4) is 0 Å². The molecule has 24 heavy (non-hydrogen) atoms. The van der Waals surface area contributed by atoms with Crippen LogP contribution in [0.4, 0.5) is 15.2 Å². The van der Waals surface area contributed by atoms with Crippen molar-refractivity contribution in [2.45, 2.75) is 6.67 Å². The Bertz CT molecular complexity index is 684. The second kappa shape index (κ2) is 9.80. The molecule has 0 fully saturated rings. The summed E-state index contributed by atoms with van der Waals surface area (Å²) in [6.45, 7) is 3.57. The minimum atomic E-state index is -0.322. The van der Waals surface area contributed by atoms with Crippen molar-refractivity contribution in [3.05, 3.63) is 34.0 Å². The molecular formula is C15H22FN4O2S2+. The summed E-state index contributed by atoms with van der Waals surface area (Å²) in [6.07, 6.45) is 0. The third-order valence-electron chi connectivity index (χ3n) is 3.41. The highest BCUT2D eigenvalue weighted by Crippen LogP contribution is 2.21. The molecule has 0 amide bonds. The predicted octanol–water partition coefficient (Wildman–Crippen LogP) is 1.69. The maximum absolute atomic E-state index is 13.7. The summed E-state index contributed by atoms with van der Waals surface area (Å²) in [5.41, 5.74) is 0.386. The Morgan fingerprint density at radius 1 is 1.25 bits per heavy atom. The lowest BCUT2D eigenvalue weighted by Gasteiger charge is -2.18. The number of anilines is 2. The Morgan fingerprint density at radius 2 is 1.92 bits per heavy atom. The van der Waals surface area contributed by atoms with E-state index in [0.29, 0.717) is 34.7 Å². The molecule has 2 rings (SSSR count). The largest absolute Gasteiger partial charge is 0.379 e. The normalized spacial score (nSPS) is 11.2. The smallest absolute Gasteiger partial charge is 0.209 e. The van der Waals surface area contributed by atoms with Gasteiger partial charge < -0.3 is 19.7 Å². The topological polar surface area (TPSA) is 52.8 Å². The number of benzene rings is 1. The van der Waals surface area contributed by atoms with Gasteiger partial charge >= 0.3 is 0 Å². The third kappa shape index (κ3) is 5.60. The zero-order valence-electron chi connectivity index (χ0n) is 13.8. The molecule has 0 bridgehead atoms. The van der Waals surface area contributed by atoms with E-state index in [-0.39, 0.29) is 5.82 Å².